The number of ether oxygens (including phenoxy) is 2. The predicted octanol–water partition coefficient (Wildman–Crippen LogP) is 2.62. The predicted molar refractivity (Wildman–Crippen MR) is 120 cm³/mol. The van der Waals surface area contributed by atoms with E-state index in [9.17, 15) is 9.59 Å². The number of rotatable bonds is 5. The second kappa shape index (κ2) is 9.04. The van der Waals surface area contributed by atoms with E-state index in [1.807, 2.05) is 65.7 Å². The number of hydrogen-bond donors (Lipinski definition) is 1. The number of aromatic nitrogens is 1. The molecular formula is C25H27N3O4. The van der Waals surface area contributed by atoms with E-state index < -0.39 is 6.04 Å². The molecule has 0 aliphatic carbocycles. The van der Waals surface area contributed by atoms with E-state index in [0.717, 1.165) is 22.2 Å². The van der Waals surface area contributed by atoms with Gasteiger partial charge in [0.15, 0.2) is 0 Å². The highest BCUT2D eigenvalue weighted by Gasteiger charge is 2.42. The van der Waals surface area contributed by atoms with E-state index in [4.69, 9.17) is 9.47 Å². The number of fused-ring (bicyclic) bond motifs is 1. The quantitative estimate of drug-likeness (QED) is 0.671. The number of para-hydroxylation sites is 2. The number of amides is 2. The summed E-state index contributed by atoms with van der Waals surface area (Å²) in [4.78, 5) is 33.5. The Morgan fingerprint density at radius 1 is 1.03 bits per heavy atom. The second-order valence-electron chi connectivity index (χ2n) is 8.32. The van der Waals surface area contributed by atoms with Gasteiger partial charge in [-0.25, -0.2) is 0 Å². The lowest BCUT2D eigenvalue weighted by molar-refractivity contribution is -0.146. The van der Waals surface area contributed by atoms with Gasteiger partial charge in [-0.2, -0.15) is 0 Å². The summed E-state index contributed by atoms with van der Waals surface area (Å²) in [6.45, 7) is 2.59. The number of nitrogens with one attached hydrogen (secondary N) is 1. The Morgan fingerprint density at radius 3 is 2.59 bits per heavy atom. The van der Waals surface area contributed by atoms with Crippen LogP contribution in [0.1, 0.15) is 12.0 Å². The normalized spacial score (nSPS) is 21.1. The van der Waals surface area contributed by atoms with Crippen molar-refractivity contribution < 1.29 is 19.1 Å². The maximum absolute atomic E-state index is 13.4. The summed E-state index contributed by atoms with van der Waals surface area (Å²) in [7, 11) is 0. The molecule has 2 amide bonds. The molecule has 2 aliphatic heterocycles. The highest BCUT2D eigenvalue weighted by molar-refractivity contribution is 5.92. The number of H-pyrrole nitrogens is 1. The van der Waals surface area contributed by atoms with Crippen molar-refractivity contribution in [3.8, 4) is 5.75 Å². The molecule has 7 heteroatoms. The van der Waals surface area contributed by atoms with E-state index >= 15 is 0 Å². The van der Waals surface area contributed by atoms with Crippen LogP contribution < -0.4 is 4.74 Å². The van der Waals surface area contributed by atoms with E-state index in [-0.39, 0.29) is 24.3 Å². The number of carbonyl (C=O) groups is 2. The number of benzene rings is 2. The van der Waals surface area contributed by atoms with Gasteiger partial charge >= 0.3 is 0 Å². The van der Waals surface area contributed by atoms with Crippen LogP contribution in [0, 0.1) is 0 Å². The molecule has 3 aromatic rings. The van der Waals surface area contributed by atoms with Crippen molar-refractivity contribution in [2.75, 3.05) is 32.8 Å². The average Bonchev–Trinajstić information content (AvgIpc) is 3.44. The van der Waals surface area contributed by atoms with Crippen LogP contribution in [0.2, 0.25) is 0 Å². The first-order valence-corrected chi connectivity index (χ1v) is 11.1. The van der Waals surface area contributed by atoms with Gasteiger partial charge in [0.25, 0.3) is 0 Å². The van der Waals surface area contributed by atoms with E-state index in [0.29, 0.717) is 39.3 Å². The lowest BCUT2D eigenvalue weighted by Gasteiger charge is -2.32. The molecular weight excluding hydrogens is 406 g/mol. The van der Waals surface area contributed by atoms with Gasteiger partial charge < -0.3 is 24.3 Å². The fourth-order valence-electron chi connectivity index (χ4n) is 4.62. The molecule has 1 aromatic heterocycles. The summed E-state index contributed by atoms with van der Waals surface area (Å²) >= 11 is 0. The molecule has 3 heterocycles. The summed E-state index contributed by atoms with van der Waals surface area (Å²) in [5.41, 5.74) is 1.94. The number of carbonyl (C=O) groups excluding carboxylic acids is 2. The van der Waals surface area contributed by atoms with Gasteiger partial charge in [0.05, 0.1) is 26.2 Å². The molecule has 2 atom stereocenters. The zero-order chi connectivity index (χ0) is 21.9. The van der Waals surface area contributed by atoms with Crippen molar-refractivity contribution in [3.05, 3.63) is 66.4 Å². The van der Waals surface area contributed by atoms with Crippen LogP contribution in [-0.2, 0) is 20.7 Å². The molecule has 2 aliphatic rings. The van der Waals surface area contributed by atoms with Gasteiger partial charge in [-0.1, -0.05) is 36.4 Å². The summed E-state index contributed by atoms with van der Waals surface area (Å²) in [5.74, 6) is 0.682. The maximum Gasteiger partial charge on any atom is 0.245 e. The lowest BCUT2D eigenvalue weighted by atomic mass is 10.1. The maximum atomic E-state index is 13.4. The Bertz CT molecular complexity index is 1090. The van der Waals surface area contributed by atoms with Crippen molar-refractivity contribution in [1.82, 2.24) is 14.8 Å². The number of hydrogen-bond acceptors (Lipinski definition) is 4. The first-order chi connectivity index (χ1) is 15.7. The molecule has 1 N–H and O–H groups in total. The van der Waals surface area contributed by atoms with E-state index in [2.05, 4.69) is 4.98 Å². The molecule has 0 unspecified atom stereocenters. The first kappa shape index (κ1) is 20.6. The summed E-state index contributed by atoms with van der Waals surface area (Å²) in [6, 6.07) is 17.0. The molecule has 32 heavy (non-hydrogen) atoms. The number of nitrogens with zero attached hydrogens (tertiary/aromatic N) is 2. The molecule has 2 aromatic carbocycles. The van der Waals surface area contributed by atoms with Gasteiger partial charge in [0.1, 0.15) is 17.9 Å². The summed E-state index contributed by atoms with van der Waals surface area (Å²) in [6.07, 6.45) is 2.40. The van der Waals surface area contributed by atoms with Gasteiger partial charge in [-0.3, -0.25) is 9.59 Å². The third kappa shape index (κ3) is 4.21. The molecule has 0 saturated carbocycles. The summed E-state index contributed by atoms with van der Waals surface area (Å²) in [5, 5.41) is 1.04. The third-order valence-electron chi connectivity index (χ3n) is 6.25. The minimum Gasteiger partial charge on any atom is -0.488 e. The van der Waals surface area contributed by atoms with Crippen LogP contribution in [-0.4, -0.2) is 71.6 Å². The molecule has 0 bridgehead atoms. The summed E-state index contributed by atoms with van der Waals surface area (Å²) < 4.78 is 11.5. The minimum absolute atomic E-state index is 0.0141. The number of aromatic amines is 1. The fraction of sp³-hybridized carbons (Fsp3) is 0.360. The number of morpholine rings is 1. The van der Waals surface area contributed by atoms with Gasteiger partial charge in [-0.15, -0.1) is 0 Å². The topological polar surface area (TPSA) is 74.9 Å². The zero-order valence-electron chi connectivity index (χ0n) is 17.9. The Hall–Kier alpha value is -3.32. The number of likely N-dealkylation sites (tertiary alicyclic amines) is 1. The van der Waals surface area contributed by atoms with Gasteiger partial charge in [-0.05, 0) is 23.8 Å². The van der Waals surface area contributed by atoms with Crippen LogP contribution >= 0.6 is 0 Å². The van der Waals surface area contributed by atoms with Gasteiger partial charge in [0.2, 0.25) is 11.8 Å². The molecule has 2 saturated heterocycles. The largest absolute Gasteiger partial charge is 0.488 e. The van der Waals surface area contributed by atoms with Crippen LogP contribution in [0.5, 0.6) is 5.75 Å². The standard InChI is InChI=1S/C25H27N3O4/c29-24(14-18-16-26-22-9-5-4-8-21(18)22)28-17-20(32-19-6-2-1-3-7-19)15-23(28)25(30)27-10-12-31-13-11-27/h1-9,16,20,23,26H,10-15,17H2/t20-,23-/m0/s1. The Balaban J connectivity index is 1.36. The van der Waals surface area contributed by atoms with E-state index in [1.165, 1.54) is 0 Å². The van der Waals surface area contributed by atoms with E-state index in [1.54, 1.807) is 4.90 Å². The molecule has 2 fully saturated rings. The van der Waals surface area contributed by atoms with Crippen LogP contribution in [0.15, 0.2) is 60.8 Å². The highest BCUT2D eigenvalue weighted by Crippen LogP contribution is 2.27. The van der Waals surface area contributed by atoms with Crippen molar-refractivity contribution >= 4 is 22.7 Å². The molecule has 166 valence electrons. The Labute approximate surface area is 186 Å². The smallest absolute Gasteiger partial charge is 0.245 e. The van der Waals surface area contributed by atoms with Crippen molar-refractivity contribution in [1.29, 1.82) is 0 Å². The third-order valence-corrected chi connectivity index (χ3v) is 6.25. The van der Waals surface area contributed by atoms with Crippen LogP contribution in [0.3, 0.4) is 0 Å². The van der Waals surface area contributed by atoms with Crippen LogP contribution in [0.4, 0.5) is 0 Å². The second-order valence-corrected chi connectivity index (χ2v) is 8.32. The fourth-order valence-corrected chi connectivity index (χ4v) is 4.62. The van der Waals surface area contributed by atoms with Gasteiger partial charge in [0, 0.05) is 36.6 Å². The molecule has 5 rings (SSSR count). The van der Waals surface area contributed by atoms with Crippen molar-refractivity contribution in [2.45, 2.75) is 25.0 Å². The Morgan fingerprint density at radius 2 is 1.78 bits per heavy atom. The monoisotopic (exact) mass is 433 g/mol. The SMILES string of the molecule is O=C([C@@H]1C[C@H](Oc2ccccc2)CN1C(=O)Cc1c[nH]c2ccccc12)N1CCOCC1. The first-order valence-electron chi connectivity index (χ1n) is 11.1. The van der Waals surface area contributed by atoms with Crippen molar-refractivity contribution in [3.63, 3.8) is 0 Å². The molecule has 7 nitrogen and oxygen atoms in total. The average molecular weight is 434 g/mol. The zero-order valence-corrected chi connectivity index (χ0v) is 17.9. The Kier molecular flexibility index (Phi) is 5.81. The van der Waals surface area contributed by atoms with Crippen molar-refractivity contribution in [2.24, 2.45) is 0 Å². The molecule has 0 radical (unpaired) electrons. The molecule has 0 spiro atoms. The lowest BCUT2D eigenvalue weighted by Crippen LogP contribution is -2.51. The van der Waals surface area contributed by atoms with Crippen LogP contribution in [0.25, 0.3) is 10.9 Å². The minimum atomic E-state index is -0.514. The highest BCUT2D eigenvalue weighted by atomic mass is 16.5.